The molecule has 96 valence electrons. The molecule has 0 aromatic heterocycles. The lowest BCUT2D eigenvalue weighted by atomic mass is 10.1. The first-order valence-electron chi connectivity index (χ1n) is 5.60. The van der Waals surface area contributed by atoms with Crippen LogP contribution in [0.25, 0.3) is 0 Å². The maximum Gasteiger partial charge on any atom is 0.255 e. The van der Waals surface area contributed by atoms with Crippen LogP contribution in [0.2, 0.25) is 5.02 Å². The van der Waals surface area contributed by atoms with Crippen LogP contribution in [0.4, 0.5) is 0 Å². The van der Waals surface area contributed by atoms with Crippen LogP contribution in [0, 0.1) is 11.3 Å². The molecule has 3 nitrogen and oxygen atoms in total. The van der Waals surface area contributed by atoms with Crippen molar-refractivity contribution in [3.8, 4) is 6.07 Å². The predicted octanol–water partition coefficient (Wildman–Crippen LogP) is 3.87. The van der Waals surface area contributed by atoms with Gasteiger partial charge in [0.2, 0.25) is 0 Å². The summed E-state index contributed by atoms with van der Waals surface area (Å²) >= 11 is 9.19. The fourth-order valence-electron chi connectivity index (χ4n) is 1.58. The molecule has 0 aliphatic carbocycles. The fraction of sp³-hybridized carbons (Fsp3) is 0.385. The summed E-state index contributed by atoms with van der Waals surface area (Å²) in [6.45, 7) is 4.29. The number of nitriles is 1. The van der Waals surface area contributed by atoms with Crippen molar-refractivity contribution in [2.45, 2.75) is 26.3 Å². The maximum absolute atomic E-state index is 12.4. The molecule has 0 bridgehead atoms. The second-order valence-electron chi connectivity index (χ2n) is 4.12. The number of carbonyl (C=O) groups is 1. The molecule has 0 saturated carbocycles. The predicted molar refractivity (Wildman–Crippen MR) is 75.6 cm³/mol. The molecule has 0 aliphatic rings. The zero-order valence-electron chi connectivity index (χ0n) is 10.3. The van der Waals surface area contributed by atoms with Crippen molar-refractivity contribution in [2.75, 3.05) is 6.54 Å². The Balaban J connectivity index is 2.99. The average molecular weight is 330 g/mol. The SMILES string of the molecule is CC(C)N(CCC#N)C(=O)c1ccc(Cl)cc1Br. The monoisotopic (exact) mass is 328 g/mol. The van der Waals surface area contributed by atoms with E-state index in [9.17, 15) is 4.79 Å². The number of rotatable bonds is 4. The van der Waals surface area contributed by atoms with Crippen LogP contribution >= 0.6 is 27.5 Å². The Kier molecular flexibility index (Phi) is 5.64. The van der Waals surface area contributed by atoms with Crippen LogP contribution in [-0.2, 0) is 0 Å². The zero-order valence-corrected chi connectivity index (χ0v) is 12.6. The van der Waals surface area contributed by atoms with E-state index in [1.165, 1.54) is 0 Å². The van der Waals surface area contributed by atoms with Crippen molar-refractivity contribution >= 4 is 33.4 Å². The molecule has 0 unspecified atom stereocenters. The number of amides is 1. The van der Waals surface area contributed by atoms with Crippen molar-refractivity contribution in [1.82, 2.24) is 4.90 Å². The van der Waals surface area contributed by atoms with Gasteiger partial charge in [0.25, 0.3) is 5.91 Å². The van der Waals surface area contributed by atoms with Gasteiger partial charge in [0, 0.05) is 22.1 Å². The molecule has 0 fully saturated rings. The Morgan fingerprint density at radius 1 is 1.56 bits per heavy atom. The number of hydrogen-bond donors (Lipinski definition) is 0. The van der Waals surface area contributed by atoms with Gasteiger partial charge in [0.1, 0.15) is 0 Å². The molecule has 1 aromatic carbocycles. The van der Waals surface area contributed by atoms with Crippen LogP contribution in [-0.4, -0.2) is 23.4 Å². The summed E-state index contributed by atoms with van der Waals surface area (Å²) in [6, 6.07) is 7.17. The molecule has 0 heterocycles. The van der Waals surface area contributed by atoms with Crippen LogP contribution in [0.3, 0.4) is 0 Å². The molecular weight excluding hydrogens is 316 g/mol. The van der Waals surface area contributed by atoms with Crippen molar-refractivity contribution < 1.29 is 4.79 Å². The first kappa shape index (κ1) is 15.0. The van der Waals surface area contributed by atoms with Gasteiger partial charge >= 0.3 is 0 Å². The second-order valence-corrected chi connectivity index (χ2v) is 5.42. The summed E-state index contributed by atoms with van der Waals surface area (Å²) in [4.78, 5) is 14.0. The second kappa shape index (κ2) is 6.77. The normalized spacial score (nSPS) is 10.2. The van der Waals surface area contributed by atoms with E-state index in [0.717, 1.165) is 0 Å². The lowest BCUT2D eigenvalue weighted by Gasteiger charge is -2.26. The van der Waals surface area contributed by atoms with E-state index < -0.39 is 0 Å². The quantitative estimate of drug-likeness (QED) is 0.841. The van der Waals surface area contributed by atoms with Crippen molar-refractivity contribution in [2.24, 2.45) is 0 Å². The van der Waals surface area contributed by atoms with E-state index in [1.54, 1.807) is 23.1 Å². The van der Waals surface area contributed by atoms with E-state index in [0.29, 0.717) is 28.0 Å². The highest BCUT2D eigenvalue weighted by Gasteiger charge is 2.20. The molecule has 0 aliphatic heterocycles. The third kappa shape index (κ3) is 3.72. The number of nitrogens with zero attached hydrogens (tertiary/aromatic N) is 2. The molecule has 1 amide bonds. The first-order valence-corrected chi connectivity index (χ1v) is 6.77. The summed E-state index contributed by atoms with van der Waals surface area (Å²) in [5, 5.41) is 9.20. The minimum atomic E-state index is -0.0937. The van der Waals surface area contributed by atoms with E-state index in [2.05, 4.69) is 22.0 Å². The molecule has 18 heavy (non-hydrogen) atoms. The van der Waals surface area contributed by atoms with Crippen LogP contribution in [0.1, 0.15) is 30.6 Å². The molecule has 0 atom stereocenters. The van der Waals surface area contributed by atoms with Crippen molar-refractivity contribution in [3.63, 3.8) is 0 Å². The first-order chi connectivity index (χ1) is 8.47. The molecule has 1 rings (SSSR count). The summed E-state index contributed by atoms with van der Waals surface area (Å²) < 4.78 is 0.669. The Morgan fingerprint density at radius 3 is 2.72 bits per heavy atom. The van der Waals surface area contributed by atoms with E-state index in [1.807, 2.05) is 13.8 Å². The molecule has 0 spiro atoms. The Hall–Kier alpha value is -1.05. The van der Waals surface area contributed by atoms with Gasteiger partial charge in [-0.1, -0.05) is 11.6 Å². The van der Waals surface area contributed by atoms with E-state index >= 15 is 0 Å². The lowest BCUT2D eigenvalue weighted by molar-refractivity contribution is 0.0709. The van der Waals surface area contributed by atoms with Gasteiger partial charge in [0.05, 0.1) is 18.1 Å². The molecule has 0 saturated heterocycles. The molecule has 0 radical (unpaired) electrons. The van der Waals surface area contributed by atoms with Crippen LogP contribution in [0.15, 0.2) is 22.7 Å². The lowest BCUT2D eigenvalue weighted by Crippen LogP contribution is -2.37. The highest BCUT2D eigenvalue weighted by atomic mass is 79.9. The third-order valence-corrected chi connectivity index (χ3v) is 3.40. The summed E-state index contributed by atoms with van der Waals surface area (Å²) in [5.41, 5.74) is 0.561. The van der Waals surface area contributed by atoms with Crippen LogP contribution < -0.4 is 0 Å². The van der Waals surface area contributed by atoms with Crippen molar-refractivity contribution in [3.05, 3.63) is 33.3 Å². The van der Waals surface area contributed by atoms with Gasteiger partial charge in [-0.15, -0.1) is 0 Å². The average Bonchev–Trinajstić information content (AvgIpc) is 2.28. The van der Waals surface area contributed by atoms with Gasteiger partial charge in [-0.2, -0.15) is 5.26 Å². The van der Waals surface area contributed by atoms with Gasteiger partial charge in [-0.3, -0.25) is 4.79 Å². The van der Waals surface area contributed by atoms with E-state index in [4.69, 9.17) is 16.9 Å². The Bertz CT molecular complexity index is 482. The Labute approximate surface area is 120 Å². The molecular formula is C13H14BrClN2O. The minimum Gasteiger partial charge on any atom is -0.335 e. The zero-order chi connectivity index (χ0) is 13.7. The number of hydrogen-bond acceptors (Lipinski definition) is 2. The number of carbonyl (C=O) groups excluding carboxylic acids is 1. The standard InChI is InChI=1S/C13H14BrClN2O/c1-9(2)17(7-3-6-16)13(18)11-5-4-10(15)8-12(11)14/h4-5,8-9H,3,7H2,1-2H3. The Morgan fingerprint density at radius 2 is 2.22 bits per heavy atom. The van der Waals surface area contributed by atoms with Gasteiger partial charge < -0.3 is 4.90 Å². The number of halogens is 2. The third-order valence-electron chi connectivity index (χ3n) is 2.51. The van der Waals surface area contributed by atoms with Gasteiger partial charge in [0.15, 0.2) is 0 Å². The summed E-state index contributed by atoms with van der Waals surface area (Å²) in [6.07, 6.45) is 0.329. The molecule has 1 aromatic rings. The highest BCUT2D eigenvalue weighted by Crippen LogP contribution is 2.23. The van der Waals surface area contributed by atoms with E-state index in [-0.39, 0.29) is 11.9 Å². The number of benzene rings is 1. The topological polar surface area (TPSA) is 44.1 Å². The van der Waals surface area contributed by atoms with Gasteiger partial charge in [-0.25, -0.2) is 0 Å². The maximum atomic E-state index is 12.4. The summed E-state index contributed by atoms with van der Waals surface area (Å²) in [7, 11) is 0. The fourth-order valence-corrected chi connectivity index (χ4v) is 2.43. The minimum absolute atomic E-state index is 0.0495. The smallest absolute Gasteiger partial charge is 0.255 e. The largest absolute Gasteiger partial charge is 0.335 e. The van der Waals surface area contributed by atoms with Crippen LogP contribution in [0.5, 0.6) is 0 Å². The van der Waals surface area contributed by atoms with Gasteiger partial charge in [-0.05, 0) is 48.0 Å². The summed E-state index contributed by atoms with van der Waals surface area (Å²) in [5.74, 6) is -0.0937. The molecule has 5 heteroatoms. The highest BCUT2D eigenvalue weighted by molar-refractivity contribution is 9.10. The molecule has 0 N–H and O–H groups in total. The van der Waals surface area contributed by atoms with Crippen molar-refractivity contribution in [1.29, 1.82) is 5.26 Å².